The maximum absolute atomic E-state index is 12.8. The Labute approximate surface area is 149 Å². The number of carbonyl (C=O) groups is 1. The van der Waals surface area contributed by atoms with Crippen molar-refractivity contribution in [2.75, 3.05) is 19.6 Å². The molecule has 0 aliphatic carbocycles. The number of nitrogens with one attached hydrogen (secondary N) is 1. The molecule has 0 unspecified atom stereocenters. The van der Waals surface area contributed by atoms with E-state index in [4.69, 9.17) is 4.52 Å². The minimum atomic E-state index is -0.0887. The van der Waals surface area contributed by atoms with E-state index in [1.165, 1.54) is 24.8 Å². The Morgan fingerprint density at radius 3 is 2.56 bits per heavy atom. The molecule has 1 atom stereocenters. The summed E-state index contributed by atoms with van der Waals surface area (Å²) < 4.78 is 5.14. The molecule has 1 aliphatic rings. The average Bonchev–Trinajstić information content (AvgIpc) is 2.95. The molecule has 134 valence electrons. The molecule has 5 heteroatoms. The van der Waals surface area contributed by atoms with Gasteiger partial charge in [0, 0.05) is 12.6 Å². The van der Waals surface area contributed by atoms with Gasteiger partial charge in [-0.3, -0.25) is 4.79 Å². The highest BCUT2D eigenvalue weighted by molar-refractivity contribution is 5.96. The van der Waals surface area contributed by atoms with E-state index in [1.54, 1.807) is 6.92 Å². The van der Waals surface area contributed by atoms with E-state index in [0.29, 0.717) is 17.0 Å². The minimum absolute atomic E-state index is 0.0710. The van der Waals surface area contributed by atoms with Crippen LogP contribution in [0.15, 0.2) is 34.9 Å². The second-order valence-electron chi connectivity index (χ2n) is 6.92. The van der Waals surface area contributed by atoms with Gasteiger partial charge in [-0.25, -0.2) is 0 Å². The van der Waals surface area contributed by atoms with E-state index >= 15 is 0 Å². The maximum Gasteiger partial charge on any atom is 0.257 e. The van der Waals surface area contributed by atoms with Gasteiger partial charge in [0.25, 0.3) is 5.91 Å². The normalized spacial score (nSPS) is 16.6. The van der Waals surface area contributed by atoms with Crippen molar-refractivity contribution in [3.63, 3.8) is 0 Å². The van der Waals surface area contributed by atoms with Crippen LogP contribution in [0.4, 0.5) is 0 Å². The van der Waals surface area contributed by atoms with Crippen molar-refractivity contribution in [3.8, 4) is 0 Å². The van der Waals surface area contributed by atoms with Crippen molar-refractivity contribution in [2.24, 2.45) is 0 Å². The van der Waals surface area contributed by atoms with Gasteiger partial charge in [-0.2, -0.15) is 0 Å². The summed E-state index contributed by atoms with van der Waals surface area (Å²) in [5.74, 6) is 0.487. The second-order valence-corrected chi connectivity index (χ2v) is 6.92. The Morgan fingerprint density at radius 1 is 1.20 bits per heavy atom. The molecule has 1 N–H and O–H groups in total. The van der Waals surface area contributed by atoms with Crippen LogP contribution in [0.1, 0.15) is 46.6 Å². The molecule has 25 heavy (non-hydrogen) atoms. The molecule has 0 bridgehead atoms. The molecule has 1 amide bonds. The largest absolute Gasteiger partial charge is 0.361 e. The summed E-state index contributed by atoms with van der Waals surface area (Å²) in [6, 6.07) is 10.4. The molecule has 2 aromatic rings. The molecule has 0 radical (unpaired) electrons. The standard InChI is InChI=1S/C20H27N3O2/c1-15-19(16(2)25-22-15)20(24)21-18(13-17-9-5-3-6-10-17)14-23-11-7-4-8-12-23/h3,5-6,9-10,18H,4,7-8,11-14H2,1-2H3,(H,21,24)/t18-/m0/s1. The van der Waals surface area contributed by atoms with Crippen molar-refractivity contribution >= 4 is 5.91 Å². The first-order valence-corrected chi connectivity index (χ1v) is 9.13. The number of nitrogens with zero attached hydrogens (tertiary/aromatic N) is 2. The maximum atomic E-state index is 12.8. The lowest BCUT2D eigenvalue weighted by Gasteiger charge is -2.31. The highest BCUT2D eigenvalue weighted by Crippen LogP contribution is 2.15. The first-order chi connectivity index (χ1) is 12.1. The predicted molar refractivity (Wildman–Crippen MR) is 97.7 cm³/mol. The molecule has 0 saturated carbocycles. The van der Waals surface area contributed by atoms with Gasteiger partial charge in [-0.05, 0) is 51.8 Å². The Morgan fingerprint density at radius 2 is 1.92 bits per heavy atom. The third-order valence-corrected chi connectivity index (χ3v) is 4.85. The van der Waals surface area contributed by atoms with Crippen LogP contribution in [0, 0.1) is 13.8 Å². The molecule has 1 fully saturated rings. The SMILES string of the molecule is Cc1noc(C)c1C(=O)N[C@@H](Cc1ccccc1)CN1CCCCC1. The number of hydrogen-bond acceptors (Lipinski definition) is 4. The summed E-state index contributed by atoms with van der Waals surface area (Å²) in [7, 11) is 0. The van der Waals surface area contributed by atoms with Crippen LogP contribution in [-0.2, 0) is 6.42 Å². The number of aryl methyl sites for hydroxylation is 2. The Hall–Kier alpha value is -2.14. The summed E-state index contributed by atoms with van der Waals surface area (Å²) in [5.41, 5.74) is 2.45. The zero-order valence-electron chi connectivity index (χ0n) is 15.1. The number of rotatable bonds is 6. The smallest absolute Gasteiger partial charge is 0.257 e. The fraction of sp³-hybridized carbons (Fsp3) is 0.500. The number of aromatic nitrogens is 1. The summed E-state index contributed by atoms with van der Waals surface area (Å²) in [6.07, 6.45) is 4.63. The Balaban J connectivity index is 1.71. The average molecular weight is 341 g/mol. The van der Waals surface area contributed by atoms with E-state index < -0.39 is 0 Å². The van der Waals surface area contributed by atoms with Gasteiger partial charge in [0.1, 0.15) is 11.3 Å². The van der Waals surface area contributed by atoms with Crippen LogP contribution < -0.4 is 5.32 Å². The lowest BCUT2D eigenvalue weighted by molar-refractivity contribution is 0.0918. The van der Waals surface area contributed by atoms with Crippen LogP contribution in [0.3, 0.4) is 0 Å². The van der Waals surface area contributed by atoms with Gasteiger partial charge in [0.05, 0.1) is 5.69 Å². The third kappa shape index (κ3) is 4.69. The monoisotopic (exact) mass is 341 g/mol. The number of piperidine rings is 1. The lowest BCUT2D eigenvalue weighted by Crippen LogP contribution is -2.46. The fourth-order valence-corrected chi connectivity index (χ4v) is 3.58. The summed E-state index contributed by atoms with van der Waals surface area (Å²) in [6.45, 7) is 6.71. The van der Waals surface area contributed by atoms with Crippen LogP contribution in [0.25, 0.3) is 0 Å². The number of likely N-dealkylation sites (tertiary alicyclic amines) is 1. The van der Waals surface area contributed by atoms with Gasteiger partial charge >= 0.3 is 0 Å². The van der Waals surface area contributed by atoms with Gasteiger partial charge in [0.15, 0.2) is 0 Å². The fourth-order valence-electron chi connectivity index (χ4n) is 3.58. The van der Waals surface area contributed by atoms with E-state index in [2.05, 4.69) is 27.5 Å². The number of carbonyl (C=O) groups excluding carboxylic acids is 1. The van der Waals surface area contributed by atoms with Crippen LogP contribution >= 0.6 is 0 Å². The number of hydrogen-bond donors (Lipinski definition) is 1. The van der Waals surface area contributed by atoms with Gasteiger partial charge in [-0.15, -0.1) is 0 Å². The molecule has 5 nitrogen and oxygen atoms in total. The van der Waals surface area contributed by atoms with Crippen molar-refractivity contribution in [2.45, 2.75) is 45.6 Å². The lowest BCUT2D eigenvalue weighted by atomic mass is 10.0. The number of amides is 1. The zero-order chi connectivity index (χ0) is 17.6. The molecule has 2 heterocycles. The van der Waals surface area contributed by atoms with Crippen molar-refractivity contribution in [1.29, 1.82) is 0 Å². The first kappa shape index (κ1) is 17.7. The Kier molecular flexibility index (Phi) is 5.87. The van der Waals surface area contributed by atoms with Crippen LogP contribution in [-0.4, -0.2) is 41.6 Å². The highest BCUT2D eigenvalue weighted by atomic mass is 16.5. The predicted octanol–water partition coefficient (Wildman–Crippen LogP) is 3.12. The van der Waals surface area contributed by atoms with E-state index in [-0.39, 0.29) is 11.9 Å². The molecule has 3 rings (SSSR count). The van der Waals surface area contributed by atoms with Gasteiger partial charge in [-0.1, -0.05) is 41.9 Å². The molecule has 1 aromatic heterocycles. The summed E-state index contributed by atoms with van der Waals surface area (Å²) in [4.78, 5) is 15.2. The molecule has 0 spiro atoms. The van der Waals surface area contributed by atoms with Crippen molar-refractivity contribution in [3.05, 3.63) is 52.9 Å². The third-order valence-electron chi connectivity index (χ3n) is 4.85. The molecular formula is C20H27N3O2. The Bertz CT molecular complexity index is 671. The first-order valence-electron chi connectivity index (χ1n) is 9.13. The summed E-state index contributed by atoms with van der Waals surface area (Å²) >= 11 is 0. The van der Waals surface area contributed by atoms with Crippen molar-refractivity contribution < 1.29 is 9.32 Å². The van der Waals surface area contributed by atoms with Crippen molar-refractivity contribution in [1.82, 2.24) is 15.4 Å². The number of benzene rings is 1. The highest BCUT2D eigenvalue weighted by Gasteiger charge is 2.23. The second kappa shape index (κ2) is 8.30. The molecular weight excluding hydrogens is 314 g/mol. The van der Waals surface area contributed by atoms with E-state index in [1.807, 2.05) is 25.1 Å². The van der Waals surface area contributed by atoms with E-state index in [0.717, 1.165) is 26.1 Å². The molecule has 1 saturated heterocycles. The molecule has 1 aromatic carbocycles. The van der Waals surface area contributed by atoms with Gasteiger partial charge < -0.3 is 14.7 Å². The zero-order valence-corrected chi connectivity index (χ0v) is 15.1. The topological polar surface area (TPSA) is 58.4 Å². The van der Waals surface area contributed by atoms with Gasteiger partial charge in [0.2, 0.25) is 0 Å². The quantitative estimate of drug-likeness (QED) is 0.877. The molecule has 1 aliphatic heterocycles. The van der Waals surface area contributed by atoms with E-state index in [9.17, 15) is 4.79 Å². The van der Waals surface area contributed by atoms with Crippen LogP contribution in [0.2, 0.25) is 0 Å². The minimum Gasteiger partial charge on any atom is -0.361 e. The summed E-state index contributed by atoms with van der Waals surface area (Å²) in [5, 5.41) is 7.11. The van der Waals surface area contributed by atoms with Crippen LogP contribution in [0.5, 0.6) is 0 Å².